The summed E-state index contributed by atoms with van der Waals surface area (Å²) in [5.74, 6) is 2.11. The van der Waals surface area contributed by atoms with Crippen LogP contribution in [0, 0.1) is 29.1 Å². The van der Waals surface area contributed by atoms with Crippen molar-refractivity contribution < 1.29 is 9.53 Å². The molecule has 3 heteroatoms. The predicted molar refractivity (Wildman–Crippen MR) is 76.8 cm³/mol. The number of methoxy groups -OCH3 is 1. The van der Waals surface area contributed by atoms with Gasteiger partial charge in [-0.2, -0.15) is 0 Å². The van der Waals surface area contributed by atoms with Crippen molar-refractivity contribution in [3.8, 4) is 0 Å². The highest BCUT2D eigenvalue weighted by atomic mass is 16.5. The Morgan fingerprint density at radius 2 is 1.74 bits per heavy atom. The molecule has 2 atom stereocenters. The molecule has 1 aliphatic carbocycles. The minimum atomic E-state index is -0.0204. The lowest BCUT2D eigenvalue weighted by Gasteiger charge is -2.39. The number of esters is 1. The Kier molecular flexibility index (Phi) is 4.54. The van der Waals surface area contributed by atoms with Gasteiger partial charge in [0.1, 0.15) is 0 Å². The first kappa shape index (κ1) is 14.8. The maximum atomic E-state index is 11.8. The fraction of sp³-hybridized carbons (Fsp3) is 0.938. The molecule has 0 aromatic rings. The number of carbonyl (C=O) groups excluding carboxylic acids is 1. The van der Waals surface area contributed by atoms with Crippen LogP contribution in [0.3, 0.4) is 0 Å². The Hall–Kier alpha value is -0.570. The average molecular weight is 267 g/mol. The van der Waals surface area contributed by atoms with Crippen molar-refractivity contribution in [2.75, 3.05) is 20.2 Å². The molecular formula is C16H29NO2. The van der Waals surface area contributed by atoms with Crippen molar-refractivity contribution in [3.05, 3.63) is 0 Å². The molecule has 1 saturated carbocycles. The predicted octanol–water partition coefficient (Wildman–Crippen LogP) is 2.85. The highest BCUT2D eigenvalue weighted by molar-refractivity contribution is 5.73. The molecule has 3 nitrogen and oxygen atoms in total. The van der Waals surface area contributed by atoms with Crippen LogP contribution in [0.1, 0.15) is 46.5 Å². The van der Waals surface area contributed by atoms with E-state index < -0.39 is 0 Å². The monoisotopic (exact) mass is 267 g/mol. The normalized spacial score (nSPS) is 36.2. The van der Waals surface area contributed by atoms with Gasteiger partial charge >= 0.3 is 5.97 Å². The van der Waals surface area contributed by atoms with Crippen molar-refractivity contribution in [2.45, 2.75) is 46.5 Å². The van der Waals surface area contributed by atoms with E-state index in [4.69, 9.17) is 4.74 Å². The van der Waals surface area contributed by atoms with E-state index in [0.29, 0.717) is 17.3 Å². The topological polar surface area (TPSA) is 38.3 Å². The van der Waals surface area contributed by atoms with Gasteiger partial charge in [0, 0.05) is 6.54 Å². The van der Waals surface area contributed by atoms with E-state index in [1.165, 1.54) is 32.8 Å². The summed E-state index contributed by atoms with van der Waals surface area (Å²) >= 11 is 0. The molecule has 1 heterocycles. The Morgan fingerprint density at radius 3 is 2.26 bits per heavy atom. The van der Waals surface area contributed by atoms with Crippen LogP contribution < -0.4 is 5.32 Å². The highest BCUT2D eigenvalue weighted by Gasteiger charge is 2.41. The number of carbonyl (C=O) groups is 1. The summed E-state index contributed by atoms with van der Waals surface area (Å²) in [6.07, 6.45) is 5.20. The van der Waals surface area contributed by atoms with E-state index in [2.05, 4.69) is 26.1 Å². The van der Waals surface area contributed by atoms with Crippen molar-refractivity contribution in [3.63, 3.8) is 0 Å². The first-order valence-corrected chi connectivity index (χ1v) is 7.72. The number of hydrogen-bond acceptors (Lipinski definition) is 3. The van der Waals surface area contributed by atoms with Crippen molar-refractivity contribution >= 4 is 5.97 Å². The van der Waals surface area contributed by atoms with E-state index in [1.807, 2.05) is 0 Å². The lowest BCUT2D eigenvalue weighted by molar-refractivity contribution is -0.147. The fourth-order valence-corrected chi connectivity index (χ4v) is 4.02. The van der Waals surface area contributed by atoms with Crippen LogP contribution in [-0.4, -0.2) is 26.2 Å². The Morgan fingerprint density at radius 1 is 1.11 bits per heavy atom. The molecule has 1 saturated heterocycles. The molecule has 2 aliphatic rings. The van der Waals surface area contributed by atoms with Gasteiger partial charge < -0.3 is 10.1 Å². The van der Waals surface area contributed by atoms with E-state index in [0.717, 1.165) is 19.0 Å². The van der Waals surface area contributed by atoms with E-state index in [9.17, 15) is 4.79 Å². The SMILES string of the molecule is COC(=O)C1CNCC1C1CCC(C(C)(C)C)CC1. The number of ether oxygens (including phenoxy) is 1. The third-order valence-electron chi connectivity index (χ3n) is 5.37. The third kappa shape index (κ3) is 3.31. The summed E-state index contributed by atoms with van der Waals surface area (Å²) in [6, 6.07) is 0. The van der Waals surface area contributed by atoms with Gasteiger partial charge in [-0.05, 0) is 55.4 Å². The van der Waals surface area contributed by atoms with Crippen molar-refractivity contribution in [1.29, 1.82) is 0 Å². The molecule has 0 bridgehead atoms. The molecule has 1 aliphatic heterocycles. The van der Waals surface area contributed by atoms with Crippen LogP contribution in [-0.2, 0) is 9.53 Å². The van der Waals surface area contributed by atoms with Crippen LogP contribution in [0.25, 0.3) is 0 Å². The summed E-state index contributed by atoms with van der Waals surface area (Å²) in [6.45, 7) is 8.85. The minimum absolute atomic E-state index is 0.0204. The summed E-state index contributed by atoms with van der Waals surface area (Å²) in [5.41, 5.74) is 0.431. The van der Waals surface area contributed by atoms with Gasteiger partial charge in [-0.25, -0.2) is 0 Å². The number of rotatable bonds is 2. The zero-order valence-corrected chi connectivity index (χ0v) is 12.9. The molecule has 0 radical (unpaired) electrons. The van der Waals surface area contributed by atoms with Crippen LogP contribution in [0.2, 0.25) is 0 Å². The van der Waals surface area contributed by atoms with Crippen LogP contribution in [0.4, 0.5) is 0 Å². The summed E-state index contributed by atoms with van der Waals surface area (Å²) in [4.78, 5) is 11.8. The second-order valence-corrected chi connectivity index (χ2v) is 7.43. The smallest absolute Gasteiger partial charge is 0.310 e. The largest absolute Gasteiger partial charge is 0.469 e. The Labute approximate surface area is 117 Å². The lowest BCUT2D eigenvalue weighted by atomic mass is 9.66. The molecule has 0 amide bonds. The number of nitrogens with one attached hydrogen (secondary N) is 1. The van der Waals surface area contributed by atoms with Crippen LogP contribution in [0.5, 0.6) is 0 Å². The molecule has 2 rings (SSSR count). The van der Waals surface area contributed by atoms with Gasteiger partial charge in [0.2, 0.25) is 0 Å². The van der Waals surface area contributed by atoms with Gasteiger partial charge in [-0.15, -0.1) is 0 Å². The summed E-state index contributed by atoms with van der Waals surface area (Å²) in [5, 5.41) is 3.38. The number of hydrogen-bond donors (Lipinski definition) is 1. The van der Waals surface area contributed by atoms with E-state index >= 15 is 0 Å². The average Bonchev–Trinajstić information content (AvgIpc) is 2.86. The summed E-state index contributed by atoms with van der Waals surface area (Å²) < 4.78 is 4.95. The van der Waals surface area contributed by atoms with Crippen molar-refractivity contribution in [2.24, 2.45) is 29.1 Å². The van der Waals surface area contributed by atoms with Gasteiger partial charge in [-0.3, -0.25) is 4.79 Å². The zero-order valence-electron chi connectivity index (χ0n) is 12.9. The van der Waals surface area contributed by atoms with Gasteiger partial charge in [0.25, 0.3) is 0 Å². The molecule has 2 fully saturated rings. The Balaban J connectivity index is 1.92. The van der Waals surface area contributed by atoms with Gasteiger partial charge in [0.15, 0.2) is 0 Å². The quantitative estimate of drug-likeness (QED) is 0.782. The van der Waals surface area contributed by atoms with E-state index in [-0.39, 0.29) is 11.9 Å². The molecular weight excluding hydrogens is 238 g/mol. The summed E-state index contributed by atoms with van der Waals surface area (Å²) in [7, 11) is 1.51. The molecule has 0 aromatic carbocycles. The molecule has 0 spiro atoms. The Bertz CT molecular complexity index is 313. The van der Waals surface area contributed by atoms with Crippen LogP contribution >= 0.6 is 0 Å². The molecule has 1 N–H and O–H groups in total. The van der Waals surface area contributed by atoms with E-state index in [1.54, 1.807) is 0 Å². The highest BCUT2D eigenvalue weighted by Crippen LogP contribution is 2.43. The van der Waals surface area contributed by atoms with Crippen molar-refractivity contribution in [1.82, 2.24) is 5.32 Å². The standard InChI is InChI=1S/C16H29NO2/c1-16(2,3)12-7-5-11(6-8-12)13-9-17-10-14(13)15(18)19-4/h11-14,17H,5-10H2,1-4H3. The minimum Gasteiger partial charge on any atom is -0.469 e. The lowest BCUT2D eigenvalue weighted by Crippen LogP contribution is -2.33. The maximum absolute atomic E-state index is 11.8. The van der Waals surface area contributed by atoms with Crippen LogP contribution in [0.15, 0.2) is 0 Å². The van der Waals surface area contributed by atoms with Gasteiger partial charge in [-0.1, -0.05) is 20.8 Å². The second kappa shape index (κ2) is 5.82. The first-order chi connectivity index (χ1) is 8.93. The van der Waals surface area contributed by atoms with Gasteiger partial charge in [0.05, 0.1) is 13.0 Å². The second-order valence-electron chi connectivity index (χ2n) is 7.43. The third-order valence-corrected chi connectivity index (χ3v) is 5.37. The molecule has 0 aromatic heterocycles. The molecule has 19 heavy (non-hydrogen) atoms. The maximum Gasteiger partial charge on any atom is 0.310 e. The first-order valence-electron chi connectivity index (χ1n) is 7.72. The molecule has 110 valence electrons. The fourth-order valence-electron chi connectivity index (χ4n) is 4.02. The molecule has 2 unspecified atom stereocenters. The zero-order chi connectivity index (χ0) is 14.0.